The zero-order chi connectivity index (χ0) is 16.8. The highest BCUT2D eigenvalue weighted by atomic mass is 16.1. The van der Waals surface area contributed by atoms with Gasteiger partial charge in [-0.05, 0) is 56.9 Å². The predicted molar refractivity (Wildman–Crippen MR) is 97.8 cm³/mol. The number of para-hydroxylation sites is 2. The molecule has 1 atom stereocenters. The monoisotopic (exact) mass is 317 g/mol. The van der Waals surface area contributed by atoms with E-state index in [1.165, 1.54) is 0 Å². The summed E-state index contributed by atoms with van der Waals surface area (Å²) in [7, 11) is 2.17. The number of benzene rings is 1. The molecule has 4 nitrogen and oxygen atoms in total. The molecule has 0 unspecified atom stereocenters. The van der Waals surface area contributed by atoms with Crippen molar-refractivity contribution in [1.29, 1.82) is 0 Å². The van der Waals surface area contributed by atoms with Crippen molar-refractivity contribution in [2.24, 2.45) is 11.8 Å². The fraction of sp³-hybridized carbons (Fsp3) is 0.632. The number of carbonyl (C=O) groups excluding carboxylic acids is 1. The van der Waals surface area contributed by atoms with Crippen molar-refractivity contribution >= 4 is 17.3 Å². The van der Waals surface area contributed by atoms with E-state index in [1.54, 1.807) is 0 Å². The maximum atomic E-state index is 12.3. The van der Waals surface area contributed by atoms with Crippen molar-refractivity contribution in [2.45, 2.75) is 46.1 Å². The Morgan fingerprint density at radius 1 is 1.17 bits per heavy atom. The molecule has 0 aromatic heterocycles. The third kappa shape index (κ3) is 5.54. The van der Waals surface area contributed by atoms with Crippen molar-refractivity contribution in [3.8, 4) is 0 Å². The van der Waals surface area contributed by atoms with Gasteiger partial charge in [0, 0.05) is 12.5 Å². The van der Waals surface area contributed by atoms with Crippen LogP contribution in [0.5, 0.6) is 0 Å². The van der Waals surface area contributed by atoms with Crippen LogP contribution in [0, 0.1) is 11.8 Å². The van der Waals surface area contributed by atoms with Crippen molar-refractivity contribution in [3.05, 3.63) is 24.3 Å². The number of hydrogen-bond donors (Lipinski definition) is 2. The first-order valence-electron chi connectivity index (χ1n) is 8.79. The van der Waals surface area contributed by atoms with E-state index in [0.717, 1.165) is 37.3 Å². The van der Waals surface area contributed by atoms with E-state index in [9.17, 15) is 4.79 Å². The lowest BCUT2D eigenvalue weighted by Crippen LogP contribution is -2.36. The van der Waals surface area contributed by atoms with Crippen LogP contribution in [-0.2, 0) is 4.79 Å². The third-order valence-electron chi connectivity index (χ3n) is 4.92. The smallest absolute Gasteiger partial charge is 0.224 e. The van der Waals surface area contributed by atoms with E-state index >= 15 is 0 Å². The molecule has 0 spiro atoms. The Hall–Kier alpha value is -1.55. The molecule has 23 heavy (non-hydrogen) atoms. The Kier molecular flexibility index (Phi) is 6.46. The number of hydrogen-bond acceptors (Lipinski definition) is 3. The second kappa shape index (κ2) is 8.34. The summed E-state index contributed by atoms with van der Waals surface area (Å²) in [5, 5.41) is 6.69. The Balaban J connectivity index is 1.96. The summed E-state index contributed by atoms with van der Waals surface area (Å²) >= 11 is 0. The highest BCUT2D eigenvalue weighted by molar-refractivity contribution is 5.94. The van der Waals surface area contributed by atoms with Crippen LogP contribution in [0.1, 0.15) is 40.0 Å². The van der Waals surface area contributed by atoms with Crippen LogP contribution in [0.15, 0.2) is 24.3 Å². The molecule has 0 saturated carbocycles. The van der Waals surface area contributed by atoms with Crippen LogP contribution < -0.4 is 10.6 Å². The van der Waals surface area contributed by atoms with Crippen LogP contribution >= 0.6 is 0 Å². The standard InChI is InChI=1S/C19H31N3O/c1-14(2)15(3)13-19(23)21-18-8-6-5-7-17(18)20-16-9-11-22(4)12-10-16/h5-8,14-16,20H,9-13H2,1-4H3,(H,21,23)/t15-/m1/s1. The van der Waals surface area contributed by atoms with E-state index in [1.807, 2.05) is 18.2 Å². The van der Waals surface area contributed by atoms with Crippen molar-refractivity contribution in [1.82, 2.24) is 4.90 Å². The SMILES string of the molecule is CC(C)[C@H](C)CC(=O)Nc1ccccc1NC1CCN(C)CC1. The van der Waals surface area contributed by atoms with Gasteiger partial charge in [0.1, 0.15) is 0 Å². The molecule has 1 saturated heterocycles. The number of likely N-dealkylation sites (tertiary alicyclic amines) is 1. The number of anilines is 2. The van der Waals surface area contributed by atoms with Gasteiger partial charge in [-0.25, -0.2) is 0 Å². The quantitative estimate of drug-likeness (QED) is 0.838. The van der Waals surface area contributed by atoms with E-state index in [2.05, 4.69) is 49.4 Å². The number of nitrogens with zero attached hydrogens (tertiary/aromatic N) is 1. The molecule has 4 heteroatoms. The van der Waals surface area contributed by atoms with Crippen molar-refractivity contribution in [2.75, 3.05) is 30.8 Å². The van der Waals surface area contributed by atoms with Gasteiger partial charge in [-0.1, -0.05) is 32.9 Å². The topological polar surface area (TPSA) is 44.4 Å². The largest absolute Gasteiger partial charge is 0.381 e. The number of nitrogens with one attached hydrogen (secondary N) is 2. The molecule has 0 radical (unpaired) electrons. The summed E-state index contributed by atoms with van der Waals surface area (Å²) in [6, 6.07) is 8.51. The molecule has 1 fully saturated rings. The molecule has 2 N–H and O–H groups in total. The predicted octanol–water partition coefficient (Wildman–Crippen LogP) is 3.81. The number of piperidine rings is 1. The van der Waals surface area contributed by atoms with E-state index in [0.29, 0.717) is 24.3 Å². The zero-order valence-electron chi connectivity index (χ0n) is 14.9. The lowest BCUT2D eigenvalue weighted by Gasteiger charge is -2.30. The maximum Gasteiger partial charge on any atom is 0.224 e. The molecular formula is C19H31N3O. The molecule has 1 amide bonds. The normalized spacial score (nSPS) is 18.0. The summed E-state index contributed by atoms with van der Waals surface area (Å²) in [6.45, 7) is 8.70. The molecule has 1 heterocycles. The van der Waals surface area contributed by atoms with E-state index in [-0.39, 0.29) is 5.91 Å². The molecular weight excluding hydrogens is 286 g/mol. The lowest BCUT2D eigenvalue weighted by molar-refractivity contribution is -0.117. The first-order valence-corrected chi connectivity index (χ1v) is 8.79. The maximum absolute atomic E-state index is 12.3. The fourth-order valence-corrected chi connectivity index (χ4v) is 2.82. The minimum Gasteiger partial charge on any atom is -0.381 e. The Labute approximate surface area is 140 Å². The molecule has 0 bridgehead atoms. The van der Waals surface area contributed by atoms with Crippen LogP contribution in [0.3, 0.4) is 0 Å². The Bertz CT molecular complexity index is 507. The molecule has 1 aromatic carbocycles. The average molecular weight is 317 g/mol. The number of carbonyl (C=O) groups is 1. The molecule has 0 aliphatic carbocycles. The highest BCUT2D eigenvalue weighted by Gasteiger charge is 2.18. The first kappa shape index (κ1) is 17.8. The van der Waals surface area contributed by atoms with Crippen LogP contribution in [0.25, 0.3) is 0 Å². The van der Waals surface area contributed by atoms with Gasteiger partial charge in [0.05, 0.1) is 11.4 Å². The van der Waals surface area contributed by atoms with Gasteiger partial charge in [0.2, 0.25) is 5.91 Å². The molecule has 1 aromatic rings. The van der Waals surface area contributed by atoms with E-state index < -0.39 is 0 Å². The van der Waals surface area contributed by atoms with Gasteiger partial charge in [-0.3, -0.25) is 4.79 Å². The average Bonchev–Trinajstić information content (AvgIpc) is 2.51. The van der Waals surface area contributed by atoms with Gasteiger partial charge in [0.25, 0.3) is 0 Å². The Morgan fingerprint density at radius 2 is 1.78 bits per heavy atom. The zero-order valence-corrected chi connectivity index (χ0v) is 14.9. The minimum atomic E-state index is 0.101. The first-order chi connectivity index (χ1) is 11.0. The summed E-state index contributed by atoms with van der Waals surface area (Å²) in [6.07, 6.45) is 2.85. The molecule has 2 rings (SSSR count). The van der Waals surface area contributed by atoms with Crippen LogP contribution in [0.2, 0.25) is 0 Å². The highest BCUT2D eigenvalue weighted by Crippen LogP contribution is 2.25. The van der Waals surface area contributed by atoms with Crippen molar-refractivity contribution < 1.29 is 4.79 Å². The molecule has 1 aliphatic rings. The van der Waals surface area contributed by atoms with Crippen LogP contribution in [0.4, 0.5) is 11.4 Å². The van der Waals surface area contributed by atoms with Gasteiger partial charge in [-0.15, -0.1) is 0 Å². The number of rotatable bonds is 6. The Morgan fingerprint density at radius 3 is 2.39 bits per heavy atom. The van der Waals surface area contributed by atoms with Crippen molar-refractivity contribution in [3.63, 3.8) is 0 Å². The third-order valence-corrected chi connectivity index (χ3v) is 4.92. The summed E-state index contributed by atoms with van der Waals surface area (Å²) in [4.78, 5) is 14.6. The van der Waals surface area contributed by atoms with Gasteiger partial charge in [0.15, 0.2) is 0 Å². The second-order valence-corrected chi connectivity index (χ2v) is 7.24. The van der Waals surface area contributed by atoms with Gasteiger partial charge < -0.3 is 15.5 Å². The van der Waals surface area contributed by atoms with Gasteiger partial charge >= 0.3 is 0 Å². The summed E-state index contributed by atoms with van der Waals surface area (Å²) < 4.78 is 0. The summed E-state index contributed by atoms with van der Waals surface area (Å²) in [5.41, 5.74) is 1.93. The molecule has 1 aliphatic heterocycles. The minimum absolute atomic E-state index is 0.101. The fourth-order valence-electron chi connectivity index (χ4n) is 2.82. The van der Waals surface area contributed by atoms with E-state index in [4.69, 9.17) is 0 Å². The second-order valence-electron chi connectivity index (χ2n) is 7.24. The van der Waals surface area contributed by atoms with Crippen LogP contribution in [-0.4, -0.2) is 37.0 Å². The lowest BCUT2D eigenvalue weighted by atomic mass is 9.94. The summed E-state index contributed by atoms with van der Waals surface area (Å²) in [5.74, 6) is 1.01. The molecule has 128 valence electrons. The van der Waals surface area contributed by atoms with Gasteiger partial charge in [-0.2, -0.15) is 0 Å². The number of amides is 1.